The number of fused-ring (bicyclic) bond motifs is 1. The van der Waals surface area contributed by atoms with Crippen LogP contribution >= 0.6 is 0 Å². The summed E-state index contributed by atoms with van der Waals surface area (Å²) in [6, 6.07) is 16.1. The molecule has 6 nitrogen and oxygen atoms in total. The highest BCUT2D eigenvalue weighted by molar-refractivity contribution is 5.94. The smallest absolute Gasteiger partial charge is 0.137 e. The van der Waals surface area contributed by atoms with Gasteiger partial charge in [-0.3, -0.25) is 0 Å². The number of nitrogens with zero attached hydrogens (tertiary/aromatic N) is 3. The lowest BCUT2D eigenvalue weighted by atomic mass is 10.1. The number of hydrogen-bond donors (Lipinski definition) is 3. The molecule has 4 heterocycles. The van der Waals surface area contributed by atoms with Crippen LogP contribution in [0.3, 0.4) is 0 Å². The summed E-state index contributed by atoms with van der Waals surface area (Å²) in [6.07, 6.45) is 6.31. The molecule has 1 aromatic carbocycles. The van der Waals surface area contributed by atoms with Gasteiger partial charge in [-0.05, 0) is 48.4 Å². The molecule has 142 valence electrons. The lowest BCUT2D eigenvalue weighted by Crippen LogP contribution is -1.91. The van der Waals surface area contributed by atoms with Gasteiger partial charge in [0.25, 0.3) is 0 Å². The lowest BCUT2D eigenvalue weighted by molar-refractivity contribution is 1.00. The van der Waals surface area contributed by atoms with Crippen LogP contribution in [0.25, 0.3) is 44.8 Å². The van der Waals surface area contributed by atoms with Crippen molar-refractivity contribution in [3.63, 3.8) is 0 Å². The highest BCUT2D eigenvalue weighted by Crippen LogP contribution is 2.31. The van der Waals surface area contributed by atoms with Crippen LogP contribution in [-0.4, -0.2) is 24.9 Å². The zero-order valence-electron chi connectivity index (χ0n) is 16.0. The number of rotatable bonds is 4. The topological polar surface area (TPSA) is 96.3 Å². The summed E-state index contributed by atoms with van der Waals surface area (Å²) in [5.74, 6) is 0. The van der Waals surface area contributed by atoms with Crippen molar-refractivity contribution >= 4 is 16.7 Å². The van der Waals surface area contributed by atoms with Crippen molar-refractivity contribution in [3.05, 3.63) is 72.9 Å². The van der Waals surface area contributed by atoms with E-state index in [1.807, 2.05) is 42.7 Å². The van der Waals surface area contributed by atoms with Gasteiger partial charge < -0.3 is 15.7 Å². The van der Waals surface area contributed by atoms with Gasteiger partial charge in [-0.1, -0.05) is 19.1 Å². The average Bonchev–Trinajstić information content (AvgIpc) is 3.41. The molecule has 0 aliphatic carbocycles. The normalized spacial score (nSPS) is 11.2. The SMILES string of the molecule is CCc1cc(-c2c[nH]c3ncc(-c4ccc(-c5cccc(N)c5)[nH]4)cc23)ncn1. The van der Waals surface area contributed by atoms with E-state index in [1.54, 1.807) is 6.33 Å². The van der Waals surface area contributed by atoms with Crippen LogP contribution in [0.2, 0.25) is 0 Å². The maximum absolute atomic E-state index is 5.92. The Morgan fingerprint density at radius 2 is 1.79 bits per heavy atom. The molecule has 0 amide bonds. The molecular weight excluding hydrogens is 360 g/mol. The van der Waals surface area contributed by atoms with E-state index in [9.17, 15) is 0 Å². The molecule has 0 saturated carbocycles. The third-order valence-corrected chi connectivity index (χ3v) is 5.09. The van der Waals surface area contributed by atoms with E-state index in [0.29, 0.717) is 0 Å². The van der Waals surface area contributed by atoms with Crippen LogP contribution in [0.5, 0.6) is 0 Å². The first-order valence-corrected chi connectivity index (χ1v) is 9.55. The van der Waals surface area contributed by atoms with E-state index in [4.69, 9.17) is 5.73 Å². The van der Waals surface area contributed by atoms with Gasteiger partial charge >= 0.3 is 0 Å². The number of aromatic nitrogens is 5. The minimum Gasteiger partial charge on any atom is -0.399 e. The summed E-state index contributed by atoms with van der Waals surface area (Å²) in [6.45, 7) is 2.09. The fraction of sp³-hybridized carbons (Fsp3) is 0.0870. The molecule has 0 saturated heterocycles. The van der Waals surface area contributed by atoms with Gasteiger partial charge in [-0.2, -0.15) is 0 Å². The summed E-state index contributed by atoms with van der Waals surface area (Å²) in [5, 5.41) is 1.03. The average molecular weight is 380 g/mol. The molecule has 0 aliphatic rings. The van der Waals surface area contributed by atoms with Crippen molar-refractivity contribution in [1.29, 1.82) is 0 Å². The molecule has 0 radical (unpaired) electrons. The molecule has 0 unspecified atom stereocenters. The Morgan fingerprint density at radius 1 is 0.931 bits per heavy atom. The highest BCUT2D eigenvalue weighted by atomic mass is 14.9. The summed E-state index contributed by atoms with van der Waals surface area (Å²) in [4.78, 5) is 20.1. The fourth-order valence-electron chi connectivity index (χ4n) is 3.54. The van der Waals surface area contributed by atoms with E-state index in [-0.39, 0.29) is 0 Å². The van der Waals surface area contributed by atoms with E-state index >= 15 is 0 Å². The summed E-state index contributed by atoms with van der Waals surface area (Å²) in [7, 11) is 0. The number of nitrogens with two attached hydrogens (primary N) is 1. The second kappa shape index (κ2) is 6.91. The Kier molecular flexibility index (Phi) is 4.09. The molecule has 0 spiro atoms. The Labute approximate surface area is 167 Å². The van der Waals surface area contributed by atoms with Crippen LogP contribution in [-0.2, 0) is 6.42 Å². The number of nitrogens with one attached hydrogen (secondary N) is 2. The number of pyridine rings is 1. The van der Waals surface area contributed by atoms with Crippen molar-refractivity contribution in [2.75, 3.05) is 5.73 Å². The molecule has 5 aromatic rings. The number of aryl methyl sites for hydroxylation is 1. The second-order valence-electron chi connectivity index (χ2n) is 6.98. The summed E-state index contributed by atoms with van der Waals surface area (Å²) in [5.41, 5.74) is 14.5. The Bertz CT molecular complexity index is 1310. The molecule has 0 fully saturated rings. The molecule has 0 aliphatic heterocycles. The molecule has 4 N–H and O–H groups in total. The maximum Gasteiger partial charge on any atom is 0.137 e. The fourth-order valence-corrected chi connectivity index (χ4v) is 3.54. The number of benzene rings is 1. The van der Waals surface area contributed by atoms with Crippen LogP contribution in [0.1, 0.15) is 12.6 Å². The van der Waals surface area contributed by atoms with E-state index in [0.717, 1.165) is 62.6 Å². The maximum atomic E-state index is 5.92. The molecule has 5 rings (SSSR count). The number of nitrogen functional groups attached to an aromatic ring is 1. The van der Waals surface area contributed by atoms with Crippen LogP contribution in [0.4, 0.5) is 5.69 Å². The predicted octanol–water partition coefficient (Wildman–Crippen LogP) is 4.83. The number of aromatic amines is 2. The molecule has 0 atom stereocenters. The summed E-state index contributed by atoms with van der Waals surface area (Å²) >= 11 is 0. The van der Waals surface area contributed by atoms with Gasteiger partial charge in [0.05, 0.1) is 5.69 Å². The molecule has 29 heavy (non-hydrogen) atoms. The van der Waals surface area contributed by atoms with E-state index < -0.39 is 0 Å². The molecular formula is C23H20N6. The summed E-state index contributed by atoms with van der Waals surface area (Å²) < 4.78 is 0. The third-order valence-electron chi connectivity index (χ3n) is 5.09. The van der Waals surface area contributed by atoms with Crippen LogP contribution in [0, 0.1) is 0 Å². The number of H-pyrrole nitrogens is 2. The van der Waals surface area contributed by atoms with Gasteiger partial charge in [0.2, 0.25) is 0 Å². The zero-order chi connectivity index (χ0) is 19.8. The van der Waals surface area contributed by atoms with Crippen molar-refractivity contribution < 1.29 is 0 Å². The van der Waals surface area contributed by atoms with Crippen molar-refractivity contribution in [3.8, 4) is 33.8 Å². The minimum absolute atomic E-state index is 0.745. The van der Waals surface area contributed by atoms with E-state index in [1.165, 1.54) is 0 Å². The molecule has 4 aromatic heterocycles. The first-order valence-electron chi connectivity index (χ1n) is 9.55. The van der Waals surface area contributed by atoms with Gasteiger partial charge in [0, 0.05) is 51.7 Å². The lowest BCUT2D eigenvalue weighted by Gasteiger charge is -2.03. The van der Waals surface area contributed by atoms with Crippen LogP contribution < -0.4 is 5.73 Å². The predicted molar refractivity (Wildman–Crippen MR) is 116 cm³/mol. The number of hydrogen-bond acceptors (Lipinski definition) is 4. The van der Waals surface area contributed by atoms with Gasteiger partial charge in [0.15, 0.2) is 0 Å². The molecule has 6 heteroatoms. The largest absolute Gasteiger partial charge is 0.399 e. The minimum atomic E-state index is 0.745. The first-order chi connectivity index (χ1) is 14.2. The zero-order valence-corrected chi connectivity index (χ0v) is 16.0. The first kappa shape index (κ1) is 17.2. The highest BCUT2D eigenvalue weighted by Gasteiger charge is 2.12. The Balaban J connectivity index is 1.57. The second-order valence-corrected chi connectivity index (χ2v) is 6.98. The van der Waals surface area contributed by atoms with Gasteiger partial charge in [0.1, 0.15) is 12.0 Å². The monoisotopic (exact) mass is 380 g/mol. The number of anilines is 1. The van der Waals surface area contributed by atoms with Crippen molar-refractivity contribution in [2.45, 2.75) is 13.3 Å². The van der Waals surface area contributed by atoms with Gasteiger partial charge in [-0.25, -0.2) is 15.0 Å². The van der Waals surface area contributed by atoms with Gasteiger partial charge in [-0.15, -0.1) is 0 Å². The quantitative estimate of drug-likeness (QED) is 0.389. The standard InChI is InChI=1S/C23H20N6/c1-2-17-10-22(28-13-27-17)19-12-26-23-18(19)9-15(11-25-23)21-7-6-20(29-21)14-4-3-5-16(24)8-14/h3-13,29H,2,24H2,1H3,(H,25,26). The van der Waals surface area contributed by atoms with Crippen molar-refractivity contribution in [2.24, 2.45) is 0 Å². The third kappa shape index (κ3) is 3.14. The van der Waals surface area contributed by atoms with Crippen LogP contribution in [0.15, 0.2) is 67.3 Å². The van der Waals surface area contributed by atoms with E-state index in [2.05, 4.69) is 50.0 Å². The Morgan fingerprint density at radius 3 is 2.62 bits per heavy atom. The Hall–Kier alpha value is -3.93. The van der Waals surface area contributed by atoms with Crippen molar-refractivity contribution in [1.82, 2.24) is 24.9 Å². The molecule has 0 bridgehead atoms.